The van der Waals surface area contributed by atoms with Gasteiger partial charge in [0.25, 0.3) is 11.5 Å². The minimum atomic E-state index is -0.309. The van der Waals surface area contributed by atoms with Gasteiger partial charge < -0.3 is 9.47 Å². The zero-order valence-corrected chi connectivity index (χ0v) is 12.7. The molecule has 1 fully saturated rings. The van der Waals surface area contributed by atoms with Gasteiger partial charge in [0, 0.05) is 38.3 Å². The zero-order chi connectivity index (χ0) is 15.7. The van der Waals surface area contributed by atoms with Crippen LogP contribution in [-0.2, 0) is 7.05 Å². The van der Waals surface area contributed by atoms with E-state index in [1.165, 1.54) is 12.1 Å². The highest BCUT2D eigenvalue weighted by Crippen LogP contribution is 2.26. The Kier molecular flexibility index (Phi) is 3.79. The zero-order valence-electron chi connectivity index (χ0n) is 12.7. The van der Waals surface area contributed by atoms with Crippen molar-refractivity contribution in [2.45, 2.75) is 25.7 Å². The van der Waals surface area contributed by atoms with Crippen molar-refractivity contribution in [2.24, 2.45) is 7.05 Å². The molecule has 1 amide bonds. The Labute approximate surface area is 128 Å². The standard InChI is InChI=1S/C15H19N5O2/c1-10-8-19(2)14(16-10)11-4-3-7-20(9-11)15(22)12-5-6-13(21)18-17-12/h5-6,8,11H,3-4,7,9H2,1-2H3,(H,18,21). The van der Waals surface area contributed by atoms with Crippen molar-refractivity contribution >= 4 is 5.91 Å². The Balaban J connectivity index is 1.78. The van der Waals surface area contributed by atoms with Crippen molar-refractivity contribution in [1.29, 1.82) is 0 Å². The molecule has 1 aliphatic rings. The molecule has 0 bridgehead atoms. The van der Waals surface area contributed by atoms with Crippen LogP contribution in [0.2, 0.25) is 0 Å². The molecule has 1 atom stereocenters. The van der Waals surface area contributed by atoms with Crippen LogP contribution >= 0.6 is 0 Å². The molecule has 3 rings (SSSR count). The van der Waals surface area contributed by atoms with Crippen LogP contribution in [0.3, 0.4) is 0 Å². The minimum Gasteiger partial charge on any atom is -0.337 e. The summed E-state index contributed by atoms with van der Waals surface area (Å²) in [4.78, 5) is 29.9. The molecule has 7 heteroatoms. The number of likely N-dealkylation sites (tertiary alicyclic amines) is 1. The number of nitrogens with zero attached hydrogens (tertiary/aromatic N) is 4. The largest absolute Gasteiger partial charge is 0.337 e. The summed E-state index contributed by atoms with van der Waals surface area (Å²) in [5.74, 6) is 1.11. The van der Waals surface area contributed by atoms with Gasteiger partial charge in [0.1, 0.15) is 11.5 Å². The monoisotopic (exact) mass is 301 g/mol. The van der Waals surface area contributed by atoms with Crippen molar-refractivity contribution in [3.8, 4) is 0 Å². The Morgan fingerprint density at radius 1 is 1.41 bits per heavy atom. The van der Waals surface area contributed by atoms with Crippen molar-refractivity contribution in [3.63, 3.8) is 0 Å². The number of rotatable bonds is 2. The molecule has 0 aliphatic carbocycles. The fraction of sp³-hybridized carbons (Fsp3) is 0.467. The lowest BCUT2D eigenvalue weighted by Gasteiger charge is -2.32. The summed E-state index contributed by atoms with van der Waals surface area (Å²) in [6.07, 6.45) is 3.96. The van der Waals surface area contributed by atoms with Gasteiger partial charge in [0.15, 0.2) is 0 Å². The topological polar surface area (TPSA) is 83.9 Å². The number of piperidine rings is 1. The lowest BCUT2D eigenvalue weighted by Crippen LogP contribution is -2.40. The molecule has 22 heavy (non-hydrogen) atoms. The van der Waals surface area contributed by atoms with Crippen LogP contribution < -0.4 is 5.56 Å². The Hall–Kier alpha value is -2.44. The molecule has 1 aliphatic heterocycles. The fourth-order valence-corrected chi connectivity index (χ4v) is 3.01. The molecular formula is C15H19N5O2. The van der Waals surface area contributed by atoms with Crippen molar-refractivity contribution < 1.29 is 4.79 Å². The smallest absolute Gasteiger partial charge is 0.274 e. The lowest BCUT2D eigenvalue weighted by molar-refractivity contribution is 0.0696. The molecule has 7 nitrogen and oxygen atoms in total. The van der Waals surface area contributed by atoms with E-state index in [0.717, 1.165) is 24.4 Å². The number of amides is 1. The van der Waals surface area contributed by atoms with Gasteiger partial charge in [-0.1, -0.05) is 0 Å². The van der Waals surface area contributed by atoms with Gasteiger partial charge in [0.2, 0.25) is 0 Å². The summed E-state index contributed by atoms with van der Waals surface area (Å²) in [5, 5.41) is 6.13. The maximum Gasteiger partial charge on any atom is 0.274 e. The van der Waals surface area contributed by atoms with E-state index in [9.17, 15) is 9.59 Å². The van der Waals surface area contributed by atoms with Crippen LogP contribution in [0, 0.1) is 6.92 Å². The number of hydrogen-bond donors (Lipinski definition) is 1. The SMILES string of the molecule is Cc1cn(C)c(C2CCCN(C(=O)c3ccc(=O)[nH]n3)C2)n1. The number of aromatic nitrogens is 4. The van der Waals surface area contributed by atoms with Crippen LogP contribution in [0.5, 0.6) is 0 Å². The Bertz CT molecular complexity index is 728. The molecule has 0 radical (unpaired) electrons. The number of H-pyrrole nitrogens is 1. The number of carbonyl (C=O) groups excluding carboxylic acids is 1. The van der Waals surface area contributed by atoms with Crippen LogP contribution in [0.4, 0.5) is 0 Å². The minimum absolute atomic E-state index is 0.146. The lowest BCUT2D eigenvalue weighted by atomic mass is 9.97. The number of imidazole rings is 1. The number of nitrogens with one attached hydrogen (secondary N) is 1. The predicted molar refractivity (Wildman–Crippen MR) is 80.7 cm³/mol. The van der Waals surface area contributed by atoms with E-state index in [1.54, 1.807) is 4.90 Å². The van der Waals surface area contributed by atoms with Gasteiger partial charge in [-0.2, -0.15) is 5.10 Å². The van der Waals surface area contributed by atoms with E-state index in [0.29, 0.717) is 13.1 Å². The van der Waals surface area contributed by atoms with E-state index in [1.807, 2.05) is 24.7 Å². The second kappa shape index (κ2) is 5.75. The maximum absolute atomic E-state index is 12.5. The molecule has 1 unspecified atom stereocenters. The van der Waals surface area contributed by atoms with Gasteiger partial charge in [-0.15, -0.1) is 0 Å². The van der Waals surface area contributed by atoms with Crippen LogP contribution in [0.25, 0.3) is 0 Å². The van der Waals surface area contributed by atoms with E-state index >= 15 is 0 Å². The predicted octanol–water partition coefficient (Wildman–Crippen LogP) is 0.832. The highest BCUT2D eigenvalue weighted by molar-refractivity contribution is 5.92. The summed E-state index contributed by atoms with van der Waals surface area (Å²) < 4.78 is 2.03. The molecule has 3 heterocycles. The maximum atomic E-state index is 12.5. The Morgan fingerprint density at radius 3 is 2.86 bits per heavy atom. The van der Waals surface area contributed by atoms with Crippen molar-refractivity contribution in [3.05, 3.63) is 45.9 Å². The number of aromatic amines is 1. The first-order valence-corrected chi connectivity index (χ1v) is 7.39. The highest BCUT2D eigenvalue weighted by atomic mass is 16.2. The Morgan fingerprint density at radius 2 is 2.23 bits per heavy atom. The molecule has 0 spiro atoms. The quantitative estimate of drug-likeness (QED) is 0.890. The molecule has 0 aromatic carbocycles. The fourth-order valence-electron chi connectivity index (χ4n) is 3.01. The third-order valence-electron chi connectivity index (χ3n) is 4.00. The van der Waals surface area contributed by atoms with Gasteiger partial charge in [-0.05, 0) is 25.8 Å². The molecule has 0 saturated carbocycles. The molecular weight excluding hydrogens is 282 g/mol. The first-order chi connectivity index (χ1) is 10.5. The summed E-state index contributed by atoms with van der Waals surface area (Å²) in [6.45, 7) is 3.31. The number of hydrogen-bond acceptors (Lipinski definition) is 4. The van der Waals surface area contributed by atoms with E-state index in [4.69, 9.17) is 0 Å². The van der Waals surface area contributed by atoms with Gasteiger partial charge in [0.05, 0.1) is 5.69 Å². The molecule has 2 aromatic rings. The van der Waals surface area contributed by atoms with Crippen LogP contribution in [-0.4, -0.2) is 43.6 Å². The summed E-state index contributed by atoms with van der Waals surface area (Å²) in [6, 6.07) is 2.79. The van der Waals surface area contributed by atoms with Gasteiger partial charge >= 0.3 is 0 Å². The summed E-state index contributed by atoms with van der Waals surface area (Å²) >= 11 is 0. The number of aryl methyl sites for hydroxylation is 2. The molecule has 1 N–H and O–H groups in total. The van der Waals surface area contributed by atoms with Crippen LogP contribution in [0.15, 0.2) is 23.1 Å². The molecule has 1 saturated heterocycles. The third kappa shape index (κ3) is 2.79. The van der Waals surface area contributed by atoms with Gasteiger partial charge in [-0.3, -0.25) is 9.59 Å². The van der Waals surface area contributed by atoms with Crippen molar-refractivity contribution in [2.75, 3.05) is 13.1 Å². The normalized spacial score (nSPS) is 18.5. The summed E-state index contributed by atoms with van der Waals surface area (Å²) in [5.41, 5.74) is 0.955. The van der Waals surface area contributed by atoms with E-state index < -0.39 is 0 Å². The first kappa shape index (κ1) is 14.5. The summed E-state index contributed by atoms with van der Waals surface area (Å²) in [7, 11) is 1.99. The van der Waals surface area contributed by atoms with E-state index in [2.05, 4.69) is 15.2 Å². The second-order valence-corrected chi connectivity index (χ2v) is 5.75. The highest BCUT2D eigenvalue weighted by Gasteiger charge is 2.28. The second-order valence-electron chi connectivity index (χ2n) is 5.75. The molecule has 2 aromatic heterocycles. The van der Waals surface area contributed by atoms with Crippen LogP contribution in [0.1, 0.15) is 40.8 Å². The molecule has 116 valence electrons. The average Bonchev–Trinajstić information content (AvgIpc) is 2.86. The average molecular weight is 301 g/mol. The van der Waals surface area contributed by atoms with Crippen molar-refractivity contribution in [1.82, 2.24) is 24.6 Å². The van der Waals surface area contributed by atoms with Gasteiger partial charge in [-0.25, -0.2) is 10.1 Å². The van der Waals surface area contributed by atoms with E-state index in [-0.39, 0.29) is 23.1 Å². The number of carbonyl (C=O) groups is 1. The third-order valence-corrected chi connectivity index (χ3v) is 4.00. The first-order valence-electron chi connectivity index (χ1n) is 7.39.